The van der Waals surface area contributed by atoms with Crippen molar-refractivity contribution in [2.75, 3.05) is 13.1 Å². The maximum absolute atomic E-state index is 5.37. The van der Waals surface area contributed by atoms with Gasteiger partial charge in [0.1, 0.15) is 0 Å². The summed E-state index contributed by atoms with van der Waals surface area (Å²) in [7, 11) is 0. The summed E-state index contributed by atoms with van der Waals surface area (Å²) in [5, 5.41) is 7.46. The van der Waals surface area contributed by atoms with E-state index in [2.05, 4.69) is 22.4 Å². The van der Waals surface area contributed by atoms with Crippen LogP contribution in [0.1, 0.15) is 49.7 Å². The van der Waals surface area contributed by atoms with Crippen molar-refractivity contribution in [2.45, 2.75) is 38.0 Å². The Labute approximate surface area is 89.4 Å². The van der Waals surface area contributed by atoms with Gasteiger partial charge in [-0.15, -0.1) is 0 Å². The summed E-state index contributed by atoms with van der Waals surface area (Å²) in [6.07, 6.45) is 3.78. The van der Waals surface area contributed by atoms with E-state index in [1.807, 2.05) is 0 Å². The fourth-order valence-corrected chi connectivity index (χ4v) is 2.37. The summed E-state index contributed by atoms with van der Waals surface area (Å²) >= 11 is 0. The fourth-order valence-electron chi connectivity index (χ4n) is 2.37. The number of aromatic nitrogens is 2. The van der Waals surface area contributed by atoms with Crippen molar-refractivity contribution in [2.24, 2.45) is 5.92 Å². The van der Waals surface area contributed by atoms with Gasteiger partial charge in [0.25, 0.3) is 0 Å². The molecule has 15 heavy (non-hydrogen) atoms. The van der Waals surface area contributed by atoms with Crippen LogP contribution in [0.5, 0.6) is 0 Å². The summed E-state index contributed by atoms with van der Waals surface area (Å²) in [6, 6.07) is 0. The minimum absolute atomic E-state index is 0.423. The van der Waals surface area contributed by atoms with Crippen LogP contribution < -0.4 is 5.32 Å². The number of nitrogens with one attached hydrogen (secondary N) is 1. The Morgan fingerprint density at radius 1 is 1.33 bits per heavy atom. The van der Waals surface area contributed by atoms with Gasteiger partial charge in [0.2, 0.25) is 5.89 Å². The van der Waals surface area contributed by atoms with Crippen LogP contribution in [0.25, 0.3) is 0 Å². The van der Waals surface area contributed by atoms with E-state index in [-0.39, 0.29) is 0 Å². The third-order valence-electron chi connectivity index (χ3n) is 3.76. The average Bonchev–Trinajstić information content (AvgIpc) is 2.70. The number of nitrogens with zero attached hydrogens (tertiary/aromatic N) is 2. The zero-order valence-corrected chi connectivity index (χ0v) is 9.07. The molecule has 1 saturated heterocycles. The standard InChI is InChI=1S/C11H17N3O/c1-7-5-12-6-9(7)11-13-10(14-15-11)8-3-2-4-8/h7-9,12H,2-6H2,1H3/t7-,9-/m1/s1. The first kappa shape index (κ1) is 9.33. The van der Waals surface area contributed by atoms with Gasteiger partial charge in [-0.2, -0.15) is 4.98 Å². The molecule has 0 radical (unpaired) electrons. The largest absolute Gasteiger partial charge is 0.339 e. The SMILES string of the molecule is C[C@@H]1CNC[C@H]1c1nc(C2CCC2)no1. The molecule has 0 aromatic carbocycles. The van der Waals surface area contributed by atoms with Crippen molar-refractivity contribution in [3.8, 4) is 0 Å². The highest BCUT2D eigenvalue weighted by atomic mass is 16.5. The molecule has 2 aliphatic rings. The van der Waals surface area contributed by atoms with Gasteiger partial charge in [-0.1, -0.05) is 18.5 Å². The normalized spacial score (nSPS) is 31.8. The van der Waals surface area contributed by atoms with Crippen molar-refractivity contribution in [1.82, 2.24) is 15.5 Å². The average molecular weight is 207 g/mol. The van der Waals surface area contributed by atoms with Gasteiger partial charge in [0.05, 0.1) is 5.92 Å². The quantitative estimate of drug-likeness (QED) is 0.801. The highest BCUT2D eigenvalue weighted by Crippen LogP contribution is 2.35. The van der Waals surface area contributed by atoms with Crippen LogP contribution >= 0.6 is 0 Å². The van der Waals surface area contributed by atoms with Crippen molar-refractivity contribution in [1.29, 1.82) is 0 Å². The molecule has 0 spiro atoms. The van der Waals surface area contributed by atoms with Crippen molar-refractivity contribution < 1.29 is 4.52 Å². The second-order valence-electron chi connectivity index (χ2n) is 4.86. The molecule has 1 aliphatic carbocycles. The third-order valence-corrected chi connectivity index (χ3v) is 3.76. The van der Waals surface area contributed by atoms with Gasteiger partial charge in [-0.05, 0) is 25.3 Å². The van der Waals surface area contributed by atoms with Crippen LogP contribution in [0.3, 0.4) is 0 Å². The lowest BCUT2D eigenvalue weighted by Crippen LogP contribution is -2.11. The van der Waals surface area contributed by atoms with Gasteiger partial charge in [-0.3, -0.25) is 0 Å². The molecule has 1 aromatic rings. The molecular formula is C11H17N3O. The molecule has 4 nitrogen and oxygen atoms in total. The van der Waals surface area contributed by atoms with E-state index in [9.17, 15) is 0 Å². The second-order valence-corrected chi connectivity index (χ2v) is 4.86. The van der Waals surface area contributed by atoms with E-state index in [1.54, 1.807) is 0 Å². The smallest absolute Gasteiger partial charge is 0.231 e. The molecule has 1 N–H and O–H groups in total. The van der Waals surface area contributed by atoms with Gasteiger partial charge in [-0.25, -0.2) is 0 Å². The van der Waals surface area contributed by atoms with Crippen LogP contribution in [0.15, 0.2) is 4.52 Å². The van der Waals surface area contributed by atoms with Crippen LogP contribution in [0.2, 0.25) is 0 Å². The Kier molecular flexibility index (Phi) is 2.24. The predicted molar refractivity (Wildman–Crippen MR) is 55.7 cm³/mol. The van der Waals surface area contributed by atoms with E-state index < -0.39 is 0 Å². The van der Waals surface area contributed by atoms with E-state index in [0.717, 1.165) is 24.8 Å². The second kappa shape index (κ2) is 3.59. The van der Waals surface area contributed by atoms with Crippen LogP contribution in [-0.4, -0.2) is 23.2 Å². The topological polar surface area (TPSA) is 51.0 Å². The molecule has 82 valence electrons. The van der Waals surface area contributed by atoms with Gasteiger partial charge >= 0.3 is 0 Å². The summed E-state index contributed by atoms with van der Waals surface area (Å²) in [5.74, 6) is 3.39. The molecule has 0 amide bonds. The number of hydrogen-bond acceptors (Lipinski definition) is 4. The Bertz CT molecular complexity index is 345. The first-order valence-electron chi connectivity index (χ1n) is 5.89. The maximum Gasteiger partial charge on any atom is 0.231 e. The monoisotopic (exact) mass is 207 g/mol. The Morgan fingerprint density at radius 3 is 2.80 bits per heavy atom. The van der Waals surface area contributed by atoms with Crippen molar-refractivity contribution in [3.63, 3.8) is 0 Å². The van der Waals surface area contributed by atoms with Crippen molar-refractivity contribution >= 4 is 0 Å². The molecular weight excluding hydrogens is 190 g/mol. The van der Waals surface area contributed by atoms with Crippen LogP contribution in [0, 0.1) is 5.92 Å². The Morgan fingerprint density at radius 2 is 2.20 bits per heavy atom. The minimum Gasteiger partial charge on any atom is -0.339 e. The zero-order chi connectivity index (χ0) is 10.3. The summed E-state index contributed by atoms with van der Waals surface area (Å²) in [4.78, 5) is 4.55. The first-order chi connectivity index (χ1) is 7.34. The van der Waals surface area contributed by atoms with Gasteiger partial charge < -0.3 is 9.84 Å². The van der Waals surface area contributed by atoms with E-state index in [0.29, 0.717) is 17.8 Å². The van der Waals surface area contributed by atoms with E-state index >= 15 is 0 Å². The number of hydrogen-bond donors (Lipinski definition) is 1. The third kappa shape index (κ3) is 1.57. The maximum atomic E-state index is 5.37. The Hall–Kier alpha value is -0.900. The summed E-state index contributed by atoms with van der Waals surface area (Å²) in [6.45, 7) is 4.27. The summed E-state index contributed by atoms with van der Waals surface area (Å²) in [5.41, 5.74) is 0. The molecule has 2 heterocycles. The van der Waals surface area contributed by atoms with Crippen LogP contribution in [-0.2, 0) is 0 Å². The van der Waals surface area contributed by atoms with E-state index in [1.165, 1.54) is 19.3 Å². The van der Waals surface area contributed by atoms with E-state index in [4.69, 9.17) is 4.52 Å². The molecule has 1 saturated carbocycles. The molecule has 2 atom stereocenters. The first-order valence-corrected chi connectivity index (χ1v) is 5.89. The lowest BCUT2D eigenvalue weighted by Gasteiger charge is -2.21. The zero-order valence-electron chi connectivity index (χ0n) is 9.07. The highest BCUT2D eigenvalue weighted by molar-refractivity contribution is 5.05. The molecule has 1 aromatic heterocycles. The minimum atomic E-state index is 0.423. The molecule has 4 heteroatoms. The van der Waals surface area contributed by atoms with Gasteiger partial charge in [0, 0.05) is 12.5 Å². The molecule has 0 unspecified atom stereocenters. The predicted octanol–water partition coefficient (Wildman–Crippen LogP) is 1.66. The van der Waals surface area contributed by atoms with Crippen LogP contribution in [0.4, 0.5) is 0 Å². The van der Waals surface area contributed by atoms with Gasteiger partial charge in [0.15, 0.2) is 5.82 Å². The lowest BCUT2D eigenvalue weighted by molar-refractivity contribution is 0.325. The molecule has 1 aliphatic heterocycles. The molecule has 0 bridgehead atoms. The fraction of sp³-hybridized carbons (Fsp3) is 0.818. The van der Waals surface area contributed by atoms with Crippen molar-refractivity contribution in [3.05, 3.63) is 11.7 Å². The number of rotatable bonds is 2. The summed E-state index contributed by atoms with van der Waals surface area (Å²) < 4.78 is 5.37. The highest BCUT2D eigenvalue weighted by Gasteiger charge is 2.31. The molecule has 2 fully saturated rings. The molecule has 3 rings (SSSR count). The lowest BCUT2D eigenvalue weighted by atomic mass is 9.85. The Balaban J connectivity index is 1.77.